The molecule has 0 radical (unpaired) electrons. The molecule has 18 heavy (non-hydrogen) atoms. The number of ether oxygens (including phenoxy) is 3. The number of rotatable bonds is 12. The van der Waals surface area contributed by atoms with Crippen LogP contribution >= 0.6 is 0 Å². The Balaban J connectivity index is 1.96. The van der Waals surface area contributed by atoms with Crippen LogP contribution in [0.4, 0.5) is 0 Å². The second-order valence-corrected chi connectivity index (χ2v) is 5.10. The van der Waals surface area contributed by atoms with Crippen molar-refractivity contribution in [2.75, 3.05) is 53.7 Å². The van der Waals surface area contributed by atoms with Gasteiger partial charge >= 0.3 is 0 Å². The highest BCUT2D eigenvalue weighted by atomic mass is 16.5. The first kappa shape index (κ1) is 15.9. The molecule has 0 aromatic heterocycles. The average Bonchev–Trinajstić information content (AvgIpc) is 3.13. The second kappa shape index (κ2) is 8.82. The minimum Gasteiger partial charge on any atom is -0.389 e. The molecular weight excluding hydrogens is 234 g/mol. The summed E-state index contributed by atoms with van der Waals surface area (Å²) in [6.07, 6.45) is 3.20. The number of hydrogen-bond donors (Lipinski definition) is 2. The first-order chi connectivity index (χ1) is 8.72. The van der Waals surface area contributed by atoms with Crippen molar-refractivity contribution >= 4 is 0 Å². The van der Waals surface area contributed by atoms with Gasteiger partial charge < -0.3 is 24.6 Å². The van der Waals surface area contributed by atoms with Crippen molar-refractivity contribution in [2.24, 2.45) is 5.41 Å². The Labute approximate surface area is 110 Å². The molecule has 1 atom stereocenters. The van der Waals surface area contributed by atoms with E-state index in [9.17, 15) is 5.11 Å². The SMILES string of the molecule is COCCOCC(O)CNCC1(CCOC)CC1. The van der Waals surface area contributed by atoms with Crippen molar-refractivity contribution in [2.45, 2.75) is 25.4 Å². The zero-order chi connectivity index (χ0) is 13.3. The van der Waals surface area contributed by atoms with Gasteiger partial charge in [0.25, 0.3) is 0 Å². The maximum atomic E-state index is 9.69. The van der Waals surface area contributed by atoms with Gasteiger partial charge in [0, 0.05) is 33.9 Å². The third-order valence-electron chi connectivity index (χ3n) is 3.42. The van der Waals surface area contributed by atoms with Crippen LogP contribution in [0.25, 0.3) is 0 Å². The van der Waals surface area contributed by atoms with E-state index in [4.69, 9.17) is 14.2 Å². The van der Waals surface area contributed by atoms with Crippen LogP contribution in [0.15, 0.2) is 0 Å². The molecule has 0 aromatic carbocycles. The van der Waals surface area contributed by atoms with Crippen molar-refractivity contribution in [3.63, 3.8) is 0 Å². The molecule has 0 spiro atoms. The smallest absolute Gasteiger partial charge is 0.0897 e. The van der Waals surface area contributed by atoms with Crippen molar-refractivity contribution in [3.05, 3.63) is 0 Å². The van der Waals surface area contributed by atoms with Crippen LogP contribution in [0, 0.1) is 5.41 Å². The van der Waals surface area contributed by atoms with Gasteiger partial charge in [-0.3, -0.25) is 0 Å². The lowest BCUT2D eigenvalue weighted by Crippen LogP contribution is -2.34. The van der Waals surface area contributed by atoms with Crippen LogP contribution in [0.1, 0.15) is 19.3 Å². The number of methoxy groups -OCH3 is 2. The largest absolute Gasteiger partial charge is 0.389 e. The lowest BCUT2D eigenvalue weighted by molar-refractivity contribution is 0.0133. The van der Waals surface area contributed by atoms with Gasteiger partial charge in [-0.15, -0.1) is 0 Å². The van der Waals surface area contributed by atoms with Gasteiger partial charge in [0.1, 0.15) is 0 Å². The Morgan fingerprint density at radius 3 is 2.50 bits per heavy atom. The fourth-order valence-electron chi connectivity index (χ4n) is 1.94. The van der Waals surface area contributed by atoms with Crippen LogP contribution < -0.4 is 5.32 Å². The molecular formula is C13H27NO4. The molecule has 0 amide bonds. The van der Waals surface area contributed by atoms with E-state index in [1.807, 2.05) is 0 Å². The summed E-state index contributed by atoms with van der Waals surface area (Å²) in [5.74, 6) is 0. The van der Waals surface area contributed by atoms with Gasteiger partial charge in [0.2, 0.25) is 0 Å². The summed E-state index contributed by atoms with van der Waals surface area (Å²) < 4.78 is 15.2. The summed E-state index contributed by atoms with van der Waals surface area (Å²) in [4.78, 5) is 0. The first-order valence-corrected chi connectivity index (χ1v) is 6.67. The highest BCUT2D eigenvalue weighted by molar-refractivity contribution is 4.94. The van der Waals surface area contributed by atoms with Gasteiger partial charge in [-0.1, -0.05) is 0 Å². The summed E-state index contributed by atoms with van der Waals surface area (Å²) in [5.41, 5.74) is 0.423. The Morgan fingerprint density at radius 2 is 1.89 bits per heavy atom. The molecule has 1 aliphatic carbocycles. The first-order valence-electron chi connectivity index (χ1n) is 6.67. The molecule has 1 rings (SSSR count). The monoisotopic (exact) mass is 261 g/mol. The van der Waals surface area contributed by atoms with Gasteiger partial charge in [-0.25, -0.2) is 0 Å². The van der Waals surface area contributed by atoms with E-state index >= 15 is 0 Å². The van der Waals surface area contributed by atoms with E-state index in [1.54, 1.807) is 14.2 Å². The van der Waals surface area contributed by atoms with E-state index < -0.39 is 6.10 Å². The van der Waals surface area contributed by atoms with E-state index in [2.05, 4.69) is 5.32 Å². The van der Waals surface area contributed by atoms with Crippen LogP contribution in [0.2, 0.25) is 0 Å². The van der Waals surface area contributed by atoms with Crippen LogP contribution in [0.5, 0.6) is 0 Å². The second-order valence-electron chi connectivity index (χ2n) is 5.10. The minimum atomic E-state index is -0.444. The molecule has 0 heterocycles. The molecule has 1 unspecified atom stereocenters. The predicted molar refractivity (Wildman–Crippen MR) is 69.7 cm³/mol. The Bertz CT molecular complexity index is 209. The summed E-state index contributed by atoms with van der Waals surface area (Å²) in [7, 11) is 3.38. The Kier molecular flexibility index (Phi) is 7.77. The molecule has 1 saturated carbocycles. The lowest BCUT2D eigenvalue weighted by atomic mass is 10.0. The van der Waals surface area contributed by atoms with Crippen molar-refractivity contribution < 1.29 is 19.3 Å². The highest BCUT2D eigenvalue weighted by Crippen LogP contribution is 2.48. The number of nitrogens with one attached hydrogen (secondary N) is 1. The molecule has 2 N–H and O–H groups in total. The van der Waals surface area contributed by atoms with E-state index in [0.29, 0.717) is 31.8 Å². The van der Waals surface area contributed by atoms with Crippen molar-refractivity contribution in [3.8, 4) is 0 Å². The fraction of sp³-hybridized carbons (Fsp3) is 1.00. The minimum absolute atomic E-state index is 0.363. The van der Waals surface area contributed by atoms with Gasteiger partial charge in [-0.05, 0) is 24.7 Å². The van der Waals surface area contributed by atoms with E-state index in [-0.39, 0.29) is 0 Å². The fourth-order valence-corrected chi connectivity index (χ4v) is 1.94. The molecule has 108 valence electrons. The normalized spacial score (nSPS) is 18.8. The summed E-state index contributed by atoms with van der Waals surface area (Å²) in [6, 6.07) is 0. The quantitative estimate of drug-likeness (QED) is 0.499. The number of aliphatic hydroxyl groups is 1. The average molecular weight is 261 g/mol. The molecule has 1 fully saturated rings. The van der Waals surface area contributed by atoms with Crippen molar-refractivity contribution in [1.82, 2.24) is 5.32 Å². The molecule has 5 heteroatoms. The third-order valence-corrected chi connectivity index (χ3v) is 3.42. The standard InChI is InChI=1S/C13H27NO4/c1-16-6-5-13(3-4-13)11-14-9-12(15)10-18-8-7-17-2/h12,14-15H,3-11H2,1-2H3. The highest BCUT2D eigenvalue weighted by Gasteiger charge is 2.41. The number of aliphatic hydroxyl groups excluding tert-OH is 1. The van der Waals surface area contributed by atoms with Crippen LogP contribution in [-0.4, -0.2) is 64.9 Å². The topological polar surface area (TPSA) is 60.0 Å². The third kappa shape index (κ3) is 6.66. The molecule has 0 aliphatic heterocycles. The van der Waals surface area contributed by atoms with E-state index in [0.717, 1.165) is 19.6 Å². The zero-order valence-corrected chi connectivity index (χ0v) is 11.6. The molecule has 0 bridgehead atoms. The Hall–Kier alpha value is -0.200. The van der Waals surface area contributed by atoms with Gasteiger partial charge in [0.05, 0.1) is 25.9 Å². The van der Waals surface area contributed by atoms with E-state index in [1.165, 1.54) is 12.8 Å². The molecule has 0 saturated heterocycles. The summed E-state index contributed by atoms with van der Waals surface area (Å²) in [5, 5.41) is 13.0. The van der Waals surface area contributed by atoms with Crippen LogP contribution in [-0.2, 0) is 14.2 Å². The van der Waals surface area contributed by atoms with Gasteiger partial charge in [0.15, 0.2) is 0 Å². The number of hydrogen-bond acceptors (Lipinski definition) is 5. The molecule has 5 nitrogen and oxygen atoms in total. The predicted octanol–water partition coefficient (Wildman–Crippen LogP) is 0.417. The summed E-state index contributed by atoms with van der Waals surface area (Å²) in [6.45, 7) is 3.84. The molecule has 1 aliphatic rings. The summed E-state index contributed by atoms with van der Waals surface area (Å²) >= 11 is 0. The maximum absolute atomic E-state index is 9.69. The Morgan fingerprint density at radius 1 is 1.17 bits per heavy atom. The van der Waals surface area contributed by atoms with Crippen molar-refractivity contribution in [1.29, 1.82) is 0 Å². The van der Waals surface area contributed by atoms with Gasteiger partial charge in [-0.2, -0.15) is 0 Å². The molecule has 0 aromatic rings. The van der Waals surface area contributed by atoms with Crippen LogP contribution in [0.3, 0.4) is 0 Å². The maximum Gasteiger partial charge on any atom is 0.0897 e. The lowest BCUT2D eigenvalue weighted by Gasteiger charge is -2.17. The zero-order valence-electron chi connectivity index (χ0n) is 11.6.